The lowest BCUT2D eigenvalue weighted by Gasteiger charge is -2.40. The maximum Gasteiger partial charge on any atom is 0.408 e. The Labute approximate surface area is 388 Å². The van der Waals surface area contributed by atoms with Gasteiger partial charge in [0, 0.05) is 19.6 Å². The number of hydrogen-bond acceptors (Lipinski definition) is 17. The van der Waals surface area contributed by atoms with Crippen molar-refractivity contribution >= 4 is 70.5 Å². The Kier molecular flexibility index (Phi) is 18.0. The summed E-state index contributed by atoms with van der Waals surface area (Å²) in [5.41, 5.74) is -0.193. The Balaban J connectivity index is 1.57. The van der Waals surface area contributed by atoms with Crippen molar-refractivity contribution in [3.05, 3.63) is 34.6 Å². The molecule has 3 aromatic rings. The molecule has 0 aliphatic carbocycles. The maximum atomic E-state index is 14.2. The number of imidazole rings is 1. The van der Waals surface area contributed by atoms with Gasteiger partial charge in [0.05, 0.1) is 53.9 Å². The lowest BCUT2D eigenvalue weighted by Crippen LogP contribution is -2.58. The summed E-state index contributed by atoms with van der Waals surface area (Å²) in [6.45, 7) is 16.6. The molecule has 6 N–H and O–H groups in total. The summed E-state index contributed by atoms with van der Waals surface area (Å²) in [6.07, 6.45) is -0.661. The second-order valence-electron chi connectivity index (χ2n) is 17.7. The van der Waals surface area contributed by atoms with E-state index < -0.39 is 71.5 Å². The number of methoxy groups -OCH3 is 1. The molecule has 23 heteroatoms. The van der Waals surface area contributed by atoms with Gasteiger partial charge < -0.3 is 55.7 Å². The van der Waals surface area contributed by atoms with Gasteiger partial charge in [-0.1, -0.05) is 25.4 Å². The summed E-state index contributed by atoms with van der Waals surface area (Å²) >= 11 is 7.05. The minimum atomic E-state index is -1.22. The number of carbonyl (C=O) groups excluding carboxylic acids is 5. The number of rotatable bonds is 17. The largest absolute Gasteiger partial charge is 0.457 e. The van der Waals surface area contributed by atoms with Crippen LogP contribution in [0.15, 0.2) is 18.3 Å². The average Bonchev–Trinajstić information content (AvgIpc) is 3.65. The third kappa shape index (κ3) is 14.9. The third-order valence-corrected chi connectivity index (χ3v) is 10.1. The molecule has 1 aliphatic rings. The van der Waals surface area contributed by atoms with Crippen molar-refractivity contribution in [2.75, 3.05) is 48.8 Å². The van der Waals surface area contributed by atoms with Gasteiger partial charge in [-0.2, -0.15) is 20.0 Å². The van der Waals surface area contributed by atoms with E-state index in [2.05, 4.69) is 53.0 Å². The number of benzene rings is 1. The van der Waals surface area contributed by atoms with E-state index in [4.69, 9.17) is 30.5 Å². The van der Waals surface area contributed by atoms with Crippen molar-refractivity contribution in [3.8, 4) is 12.1 Å². The normalized spacial score (nSPS) is 15.9. The molecule has 2 aromatic heterocycles. The Morgan fingerprint density at radius 3 is 2.29 bits per heavy atom. The zero-order valence-electron chi connectivity index (χ0n) is 39.0. The van der Waals surface area contributed by atoms with Crippen LogP contribution in [0.1, 0.15) is 99.3 Å². The monoisotopic (exact) mass is 937 g/mol. The molecule has 0 saturated carbocycles. The number of hydrogen-bond donors (Lipinski definition) is 6. The minimum absolute atomic E-state index is 0.0268. The number of nitrogens with one attached hydrogen (secondary N) is 6. The Bertz CT molecular complexity index is 2310. The molecule has 4 rings (SSSR count). The summed E-state index contributed by atoms with van der Waals surface area (Å²) in [6, 6.07) is 4.16. The van der Waals surface area contributed by atoms with Gasteiger partial charge in [0.15, 0.2) is 17.2 Å². The van der Waals surface area contributed by atoms with Crippen LogP contribution in [0.2, 0.25) is 5.02 Å². The molecule has 1 fully saturated rings. The Hall–Kier alpha value is -6.81. The fraction of sp³-hybridized carbons (Fsp3) is 0.581. The molecule has 4 atom stereocenters. The van der Waals surface area contributed by atoms with Crippen LogP contribution in [0.3, 0.4) is 0 Å². The number of nitriles is 2. The highest BCUT2D eigenvalue weighted by Gasteiger charge is 2.38. The van der Waals surface area contributed by atoms with Crippen molar-refractivity contribution in [3.63, 3.8) is 0 Å². The molecule has 4 amide bonds. The number of fused-ring (bicyclic) bond motifs is 1. The molecule has 358 valence electrons. The maximum absolute atomic E-state index is 14.2. The van der Waals surface area contributed by atoms with Crippen molar-refractivity contribution in [2.45, 2.75) is 123 Å². The first kappa shape index (κ1) is 51.8. The molecule has 3 heterocycles. The van der Waals surface area contributed by atoms with Crippen LogP contribution in [0.5, 0.6) is 0 Å². The number of halogens is 1. The Morgan fingerprint density at radius 1 is 0.970 bits per heavy atom. The summed E-state index contributed by atoms with van der Waals surface area (Å²) < 4.78 is 23.0. The summed E-state index contributed by atoms with van der Waals surface area (Å²) in [7, 11) is 1.20. The van der Waals surface area contributed by atoms with Crippen molar-refractivity contribution in [2.24, 2.45) is 5.92 Å². The lowest BCUT2D eigenvalue weighted by molar-refractivity contribution is -0.156. The molecule has 0 radical (unpaired) electrons. The molecule has 1 saturated heterocycles. The number of amides is 4. The number of carbonyl (C=O) groups is 5. The summed E-state index contributed by atoms with van der Waals surface area (Å²) in [4.78, 5) is 76.2. The first-order chi connectivity index (χ1) is 31.1. The van der Waals surface area contributed by atoms with E-state index in [0.29, 0.717) is 36.5 Å². The summed E-state index contributed by atoms with van der Waals surface area (Å²) in [5.74, 6) is -1.61. The smallest absolute Gasteiger partial charge is 0.408 e. The highest BCUT2D eigenvalue weighted by atomic mass is 35.5. The van der Waals surface area contributed by atoms with Gasteiger partial charge in [0.25, 0.3) is 0 Å². The van der Waals surface area contributed by atoms with Gasteiger partial charge >= 0.3 is 24.2 Å². The number of esters is 1. The van der Waals surface area contributed by atoms with Gasteiger partial charge in [-0.3, -0.25) is 4.79 Å². The fourth-order valence-electron chi connectivity index (χ4n) is 6.71. The summed E-state index contributed by atoms with van der Waals surface area (Å²) in [5, 5.41) is 41.2. The molecular weight excluding hydrogens is 878 g/mol. The Morgan fingerprint density at radius 2 is 1.67 bits per heavy atom. The van der Waals surface area contributed by atoms with Crippen LogP contribution >= 0.6 is 11.6 Å². The van der Waals surface area contributed by atoms with Crippen LogP contribution in [0.4, 0.5) is 37.5 Å². The number of nitrogens with zero attached hydrogens (tertiary/aromatic N) is 7. The predicted molar refractivity (Wildman–Crippen MR) is 243 cm³/mol. The van der Waals surface area contributed by atoms with Crippen LogP contribution in [-0.2, 0) is 28.5 Å². The van der Waals surface area contributed by atoms with Crippen LogP contribution in [0.25, 0.3) is 5.65 Å². The number of anilines is 4. The zero-order chi connectivity index (χ0) is 48.9. The number of ether oxygens (including phenoxy) is 4. The van der Waals surface area contributed by atoms with Crippen molar-refractivity contribution in [1.82, 2.24) is 40.8 Å². The molecule has 0 bridgehead atoms. The van der Waals surface area contributed by atoms with Crippen molar-refractivity contribution in [1.29, 1.82) is 10.5 Å². The zero-order valence-corrected chi connectivity index (χ0v) is 39.7. The molecule has 22 nitrogen and oxygen atoms in total. The van der Waals surface area contributed by atoms with Gasteiger partial charge in [0.1, 0.15) is 35.5 Å². The van der Waals surface area contributed by atoms with Crippen molar-refractivity contribution < 1.29 is 42.9 Å². The highest BCUT2D eigenvalue weighted by molar-refractivity contribution is 6.36. The van der Waals surface area contributed by atoms with E-state index in [1.165, 1.54) is 23.9 Å². The topological polar surface area (TPSA) is 288 Å². The van der Waals surface area contributed by atoms with Crippen LogP contribution < -0.4 is 36.8 Å². The predicted octanol–water partition coefficient (Wildman–Crippen LogP) is 5.27. The molecule has 0 spiro atoms. The molecule has 1 aromatic carbocycles. The van der Waals surface area contributed by atoms with E-state index >= 15 is 0 Å². The first-order valence-corrected chi connectivity index (χ1v) is 21.9. The molecule has 4 unspecified atom stereocenters. The number of unbranched alkanes of at least 4 members (excludes halogenated alkanes) is 1. The van der Waals surface area contributed by atoms with Crippen LogP contribution in [0, 0.1) is 28.6 Å². The third-order valence-electron chi connectivity index (χ3n) is 9.72. The molecule has 66 heavy (non-hydrogen) atoms. The van der Waals surface area contributed by atoms with Gasteiger partial charge in [-0.15, -0.1) is 5.10 Å². The average molecular weight is 938 g/mol. The second-order valence-corrected chi connectivity index (χ2v) is 18.1. The highest BCUT2D eigenvalue weighted by Crippen LogP contribution is 2.37. The van der Waals surface area contributed by atoms with E-state index in [9.17, 15) is 34.5 Å². The van der Waals surface area contributed by atoms with Gasteiger partial charge in [-0.25, -0.2) is 24.2 Å². The van der Waals surface area contributed by atoms with E-state index in [1.807, 2.05) is 13.0 Å². The number of aromatic nitrogens is 4. The van der Waals surface area contributed by atoms with Gasteiger partial charge in [-0.05, 0) is 92.2 Å². The quantitative estimate of drug-likeness (QED) is 0.0571. The SMILES string of the molecule is CCNc1nc(Nc2cc(C#N)cc(N3CCC(NC(=O)OC)C(OC(=O)C(NC(=O)C(CCCCNC(=O)OC(C)(C)C)NC(=O)OC(C)(C)C)C(C)C)C3)c2Cl)nn2c(C#N)cnc12. The number of piperidine rings is 1. The first-order valence-electron chi connectivity index (χ1n) is 21.5. The van der Waals surface area contributed by atoms with Gasteiger partial charge in [0.2, 0.25) is 11.9 Å². The standard InChI is InChI=1S/C43H60ClN13O9/c1-11-47-34-35-49-22-26(21-46)57(35)55-38(54-34)50-29-18-25(20-45)19-30(32(29)44)56-17-15-27(51-40(61)63-10)31(23-56)64-37(59)33(24(2)3)53-36(58)28(52-41(62)66-43(7,8)9)14-12-13-16-48-39(60)65-42(4,5)6/h18-19,22,24,27-28,31,33H,11-17,23H2,1-10H3,(H,48,60)(H,51,61)(H,52,62)(H,53,58)(H2,47,50,54,55). The lowest BCUT2D eigenvalue weighted by atomic mass is 9.99. The fourth-order valence-corrected chi connectivity index (χ4v) is 6.99. The second kappa shape index (κ2) is 22.9. The minimum Gasteiger partial charge on any atom is -0.457 e. The van der Waals surface area contributed by atoms with E-state index in [-0.39, 0.29) is 60.4 Å². The van der Waals surface area contributed by atoms with Crippen LogP contribution in [-0.4, -0.2) is 118 Å². The van der Waals surface area contributed by atoms with E-state index in [0.717, 1.165) is 0 Å². The van der Waals surface area contributed by atoms with E-state index in [1.54, 1.807) is 66.4 Å². The molecule has 1 aliphatic heterocycles. The molecular formula is C43H60ClN13O9. The number of alkyl carbamates (subject to hydrolysis) is 3.